The third kappa shape index (κ3) is 4.31. The topological polar surface area (TPSA) is 111 Å². The largest absolute Gasteiger partial charge is 0.497 e. The van der Waals surface area contributed by atoms with Crippen LogP contribution in [0.25, 0.3) is 0 Å². The highest BCUT2D eigenvalue weighted by Crippen LogP contribution is 2.28. The van der Waals surface area contributed by atoms with E-state index in [1.165, 1.54) is 39.5 Å². The van der Waals surface area contributed by atoms with Gasteiger partial charge >= 0.3 is 5.97 Å². The Morgan fingerprint density at radius 2 is 1.95 bits per heavy atom. The van der Waals surface area contributed by atoms with Crippen molar-refractivity contribution in [2.45, 2.75) is 10.9 Å². The fourth-order valence-electron chi connectivity index (χ4n) is 1.57. The molecule has 118 valence electrons. The molecule has 1 aromatic rings. The number of carboxylic acid groups (broad SMARTS) is 1. The van der Waals surface area contributed by atoms with E-state index in [2.05, 4.69) is 4.74 Å². The van der Waals surface area contributed by atoms with Crippen molar-refractivity contribution < 1.29 is 32.5 Å². The van der Waals surface area contributed by atoms with Gasteiger partial charge in [-0.05, 0) is 12.1 Å². The molecule has 0 saturated heterocycles. The van der Waals surface area contributed by atoms with Gasteiger partial charge in [0.15, 0.2) is 0 Å². The Kier molecular flexibility index (Phi) is 5.94. The van der Waals surface area contributed by atoms with Crippen LogP contribution in [-0.4, -0.2) is 53.5 Å². The highest BCUT2D eigenvalue weighted by molar-refractivity contribution is 7.89. The number of hydrogen-bond donors (Lipinski definition) is 2. The molecule has 0 aromatic heterocycles. The standard InChI is InChI=1S/C12H17NO7S/c1-18-7-9(12(14)15)13-21(16,17)11-5-4-8(19-2)6-10(11)20-3/h4-6,9,13H,7H2,1-3H3,(H,14,15). The van der Waals surface area contributed by atoms with Gasteiger partial charge in [-0.2, -0.15) is 4.72 Å². The number of nitrogens with one attached hydrogen (secondary N) is 1. The van der Waals surface area contributed by atoms with Gasteiger partial charge in [0.25, 0.3) is 0 Å². The van der Waals surface area contributed by atoms with Crippen molar-refractivity contribution in [3.05, 3.63) is 18.2 Å². The van der Waals surface area contributed by atoms with Gasteiger partial charge in [0.1, 0.15) is 22.4 Å². The van der Waals surface area contributed by atoms with Crippen LogP contribution in [0.5, 0.6) is 11.5 Å². The average Bonchev–Trinajstić information content (AvgIpc) is 2.45. The highest BCUT2D eigenvalue weighted by Gasteiger charge is 2.27. The van der Waals surface area contributed by atoms with Gasteiger partial charge in [-0.1, -0.05) is 0 Å². The summed E-state index contributed by atoms with van der Waals surface area (Å²) < 4.78 is 41.2. The van der Waals surface area contributed by atoms with Crippen molar-refractivity contribution in [2.24, 2.45) is 0 Å². The molecule has 0 aliphatic heterocycles. The SMILES string of the molecule is COCC(NS(=O)(=O)c1ccc(OC)cc1OC)C(=O)O. The van der Waals surface area contributed by atoms with Crippen LogP contribution < -0.4 is 14.2 Å². The maximum atomic E-state index is 12.3. The molecule has 0 radical (unpaired) electrons. The Hall–Kier alpha value is -1.84. The molecule has 0 heterocycles. The maximum absolute atomic E-state index is 12.3. The van der Waals surface area contributed by atoms with Gasteiger partial charge in [0.2, 0.25) is 10.0 Å². The van der Waals surface area contributed by atoms with Crippen LogP contribution in [0.2, 0.25) is 0 Å². The molecule has 21 heavy (non-hydrogen) atoms. The second kappa shape index (κ2) is 7.25. The average molecular weight is 319 g/mol. The Morgan fingerprint density at radius 3 is 2.43 bits per heavy atom. The van der Waals surface area contributed by atoms with E-state index in [4.69, 9.17) is 14.6 Å². The molecule has 0 saturated carbocycles. The molecule has 1 aromatic carbocycles. The van der Waals surface area contributed by atoms with E-state index < -0.39 is 22.0 Å². The summed E-state index contributed by atoms with van der Waals surface area (Å²) in [5, 5.41) is 8.97. The number of rotatable bonds is 8. The molecule has 1 unspecified atom stereocenters. The number of sulfonamides is 1. The summed E-state index contributed by atoms with van der Waals surface area (Å²) in [5.74, 6) is -0.881. The molecule has 0 aliphatic carbocycles. The maximum Gasteiger partial charge on any atom is 0.324 e. The number of ether oxygens (including phenoxy) is 3. The van der Waals surface area contributed by atoms with Gasteiger partial charge in [-0.15, -0.1) is 0 Å². The number of benzene rings is 1. The van der Waals surface area contributed by atoms with E-state index >= 15 is 0 Å². The Morgan fingerprint density at radius 1 is 1.29 bits per heavy atom. The minimum atomic E-state index is -4.09. The Balaban J connectivity index is 3.15. The van der Waals surface area contributed by atoms with Crippen LogP contribution in [0.3, 0.4) is 0 Å². The molecule has 8 nitrogen and oxygen atoms in total. The van der Waals surface area contributed by atoms with Crippen molar-refractivity contribution in [1.29, 1.82) is 0 Å². The fraction of sp³-hybridized carbons (Fsp3) is 0.417. The van der Waals surface area contributed by atoms with Crippen LogP contribution in [-0.2, 0) is 19.6 Å². The molecule has 0 fully saturated rings. The second-order valence-corrected chi connectivity index (χ2v) is 5.67. The second-order valence-electron chi connectivity index (χ2n) is 3.98. The summed E-state index contributed by atoms with van der Waals surface area (Å²) in [6.07, 6.45) is 0. The van der Waals surface area contributed by atoms with Crippen LogP contribution in [0.4, 0.5) is 0 Å². The van der Waals surface area contributed by atoms with E-state index in [0.29, 0.717) is 5.75 Å². The number of aliphatic carboxylic acids is 1. The summed E-state index contributed by atoms with van der Waals surface area (Å²) in [6.45, 7) is -0.299. The van der Waals surface area contributed by atoms with Crippen molar-refractivity contribution in [3.8, 4) is 11.5 Å². The lowest BCUT2D eigenvalue weighted by molar-refractivity contribution is -0.140. The molecule has 9 heteroatoms. The van der Waals surface area contributed by atoms with E-state index in [-0.39, 0.29) is 17.3 Å². The molecular weight excluding hydrogens is 302 g/mol. The number of methoxy groups -OCH3 is 3. The summed E-state index contributed by atoms with van der Waals surface area (Å²) in [4.78, 5) is 10.8. The van der Waals surface area contributed by atoms with Gasteiger partial charge in [0.05, 0.1) is 20.8 Å². The summed E-state index contributed by atoms with van der Waals surface area (Å²) in [7, 11) is -0.0758. The summed E-state index contributed by atoms with van der Waals surface area (Å²) in [6, 6.07) is 2.70. The van der Waals surface area contributed by atoms with E-state index in [9.17, 15) is 13.2 Å². The fourth-order valence-corrected chi connectivity index (χ4v) is 2.89. The normalized spacial score (nSPS) is 12.7. The molecule has 1 rings (SSSR count). The lowest BCUT2D eigenvalue weighted by Gasteiger charge is -2.16. The van der Waals surface area contributed by atoms with Crippen molar-refractivity contribution in [2.75, 3.05) is 27.9 Å². The first-order chi connectivity index (χ1) is 9.85. The van der Waals surface area contributed by atoms with Crippen LogP contribution in [0.15, 0.2) is 23.1 Å². The van der Waals surface area contributed by atoms with E-state index in [0.717, 1.165) is 0 Å². The Labute approximate surface area is 122 Å². The molecule has 0 amide bonds. The highest BCUT2D eigenvalue weighted by atomic mass is 32.2. The lowest BCUT2D eigenvalue weighted by Crippen LogP contribution is -2.43. The molecule has 1 atom stereocenters. The van der Waals surface area contributed by atoms with E-state index in [1.54, 1.807) is 0 Å². The molecule has 0 aliphatic rings. The smallest absolute Gasteiger partial charge is 0.324 e. The predicted molar refractivity (Wildman–Crippen MR) is 73.2 cm³/mol. The zero-order chi connectivity index (χ0) is 16.0. The summed E-state index contributed by atoms with van der Waals surface area (Å²) in [5.41, 5.74) is 0. The van der Waals surface area contributed by atoms with Gasteiger partial charge in [0, 0.05) is 13.2 Å². The van der Waals surface area contributed by atoms with Crippen molar-refractivity contribution in [1.82, 2.24) is 4.72 Å². The van der Waals surface area contributed by atoms with Gasteiger partial charge < -0.3 is 19.3 Å². The lowest BCUT2D eigenvalue weighted by atomic mass is 10.3. The van der Waals surface area contributed by atoms with Gasteiger partial charge in [-0.3, -0.25) is 4.79 Å². The molecular formula is C12H17NO7S. The first kappa shape index (κ1) is 17.2. The van der Waals surface area contributed by atoms with E-state index in [1.807, 2.05) is 4.72 Å². The summed E-state index contributed by atoms with van der Waals surface area (Å²) >= 11 is 0. The van der Waals surface area contributed by atoms with Crippen molar-refractivity contribution in [3.63, 3.8) is 0 Å². The minimum absolute atomic E-state index is 0.0448. The third-order valence-electron chi connectivity index (χ3n) is 2.59. The quantitative estimate of drug-likeness (QED) is 0.698. The van der Waals surface area contributed by atoms with Gasteiger partial charge in [-0.25, -0.2) is 8.42 Å². The number of carbonyl (C=O) groups is 1. The van der Waals surface area contributed by atoms with Crippen LogP contribution in [0.1, 0.15) is 0 Å². The first-order valence-electron chi connectivity index (χ1n) is 5.81. The predicted octanol–water partition coefficient (Wildman–Crippen LogP) is 0.0817. The molecule has 2 N–H and O–H groups in total. The number of hydrogen-bond acceptors (Lipinski definition) is 6. The Bertz CT molecular complexity index is 600. The third-order valence-corrected chi connectivity index (χ3v) is 4.10. The molecule has 0 spiro atoms. The minimum Gasteiger partial charge on any atom is -0.497 e. The van der Waals surface area contributed by atoms with Crippen molar-refractivity contribution >= 4 is 16.0 Å². The number of carboxylic acids is 1. The van der Waals surface area contributed by atoms with Crippen LogP contribution >= 0.6 is 0 Å². The first-order valence-corrected chi connectivity index (χ1v) is 7.30. The monoisotopic (exact) mass is 319 g/mol. The zero-order valence-electron chi connectivity index (χ0n) is 11.8. The van der Waals surface area contributed by atoms with Crippen LogP contribution in [0, 0.1) is 0 Å². The zero-order valence-corrected chi connectivity index (χ0v) is 12.6. The molecule has 0 bridgehead atoms.